The number of anilines is 3. The normalized spacial score (nSPS) is 20.3. The van der Waals surface area contributed by atoms with Gasteiger partial charge in [0.2, 0.25) is 29.5 Å². The van der Waals surface area contributed by atoms with Crippen molar-refractivity contribution in [3.8, 4) is 0 Å². The molecule has 0 aromatic heterocycles. The first-order valence-corrected chi connectivity index (χ1v) is 24.5. The van der Waals surface area contributed by atoms with Crippen molar-refractivity contribution in [3.63, 3.8) is 0 Å². The van der Waals surface area contributed by atoms with E-state index in [1.54, 1.807) is 42.3 Å². The molecule has 16 nitrogen and oxygen atoms in total. The minimum atomic E-state index is -1.40. The van der Waals surface area contributed by atoms with Gasteiger partial charge in [0.1, 0.15) is 35.2 Å². The Kier molecular flexibility index (Phi) is 16.4. The van der Waals surface area contributed by atoms with E-state index in [0.717, 1.165) is 35.9 Å². The molecule has 382 valence electrons. The fourth-order valence-corrected chi connectivity index (χ4v) is 10.2. The zero-order valence-electron chi connectivity index (χ0n) is 40.8. The summed E-state index contributed by atoms with van der Waals surface area (Å²) in [6, 6.07) is 17.8. The van der Waals surface area contributed by atoms with E-state index in [1.807, 2.05) is 25.1 Å². The topological polar surface area (TPSA) is 194 Å². The highest BCUT2D eigenvalue weighted by Gasteiger charge is 2.47. The lowest BCUT2D eigenvalue weighted by molar-refractivity contribution is -0.144. The highest BCUT2D eigenvalue weighted by Crippen LogP contribution is 2.43. The van der Waals surface area contributed by atoms with E-state index in [2.05, 4.69) is 43.7 Å². The first-order chi connectivity index (χ1) is 34.6. The van der Waals surface area contributed by atoms with E-state index in [4.69, 9.17) is 4.74 Å². The fraction of sp³-hybridized carbons (Fsp3) is 0.434. The predicted molar refractivity (Wildman–Crippen MR) is 264 cm³/mol. The fourth-order valence-electron chi connectivity index (χ4n) is 10.2. The smallest absolute Gasteiger partial charge is 0.252 e. The molecule has 72 heavy (non-hydrogen) atoms. The Balaban J connectivity index is 0.942. The molecular formula is C53H62F3N9O7. The third-order valence-corrected chi connectivity index (χ3v) is 14.0. The number of likely N-dealkylation sites (N-methyl/N-ethyl adjacent to an activating group) is 1. The van der Waals surface area contributed by atoms with Crippen molar-refractivity contribution in [2.24, 2.45) is 5.92 Å². The zero-order valence-corrected chi connectivity index (χ0v) is 40.8. The van der Waals surface area contributed by atoms with Crippen LogP contribution in [0.1, 0.15) is 73.4 Å². The van der Waals surface area contributed by atoms with Gasteiger partial charge in [0.25, 0.3) is 5.91 Å². The average Bonchev–Trinajstić information content (AvgIpc) is 3.89. The number of amides is 6. The van der Waals surface area contributed by atoms with Crippen LogP contribution in [0.2, 0.25) is 0 Å². The maximum atomic E-state index is 14.9. The number of rotatable bonds is 17. The van der Waals surface area contributed by atoms with Gasteiger partial charge in [-0.25, -0.2) is 13.2 Å². The number of hydrogen-bond donors (Lipinski definition) is 6. The molecule has 4 aliphatic rings. The summed E-state index contributed by atoms with van der Waals surface area (Å²) in [5, 5.41) is 17.2. The van der Waals surface area contributed by atoms with E-state index < -0.39 is 58.4 Å². The Morgan fingerprint density at radius 3 is 2.35 bits per heavy atom. The van der Waals surface area contributed by atoms with Crippen molar-refractivity contribution >= 4 is 52.5 Å². The third kappa shape index (κ3) is 11.8. The average molecular weight is 994 g/mol. The number of halogens is 3. The maximum Gasteiger partial charge on any atom is 0.252 e. The molecule has 19 heteroatoms. The molecule has 2 saturated heterocycles. The van der Waals surface area contributed by atoms with Crippen molar-refractivity contribution in [1.82, 2.24) is 31.1 Å². The van der Waals surface area contributed by atoms with Crippen LogP contribution >= 0.6 is 0 Å². The summed E-state index contributed by atoms with van der Waals surface area (Å²) in [7, 11) is 1.60. The number of hydrogen-bond acceptors (Lipinski definition) is 10. The highest BCUT2D eigenvalue weighted by atomic mass is 19.1. The van der Waals surface area contributed by atoms with Crippen LogP contribution in [0.3, 0.4) is 0 Å². The van der Waals surface area contributed by atoms with Crippen LogP contribution in [-0.2, 0) is 51.9 Å². The van der Waals surface area contributed by atoms with Gasteiger partial charge in [-0.2, -0.15) is 0 Å². The van der Waals surface area contributed by atoms with Gasteiger partial charge in [-0.15, -0.1) is 0 Å². The van der Waals surface area contributed by atoms with Gasteiger partial charge in [-0.05, 0) is 123 Å². The lowest BCUT2D eigenvalue weighted by atomic mass is 9.83. The van der Waals surface area contributed by atoms with Gasteiger partial charge in [0.05, 0.1) is 18.5 Å². The van der Waals surface area contributed by atoms with Crippen LogP contribution in [0, 0.1) is 23.4 Å². The maximum absolute atomic E-state index is 14.9. The van der Waals surface area contributed by atoms with Crippen molar-refractivity contribution in [2.75, 3.05) is 81.6 Å². The van der Waals surface area contributed by atoms with Crippen LogP contribution in [0.4, 0.5) is 30.2 Å². The first-order valence-electron chi connectivity index (χ1n) is 24.5. The number of nitrogens with one attached hydrogen (secondary N) is 6. The van der Waals surface area contributed by atoms with Crippen LogP contribution < -0.4 is 36.8 Å². The van der Waals surface area contributed by atoms with Gasteiger partial charge in [0.15, 0.2) is 0 Å². The van der Waals surface area contributed by atoms with Crippen molar-refractivity contribution in [1.29, 1.82) is 0 Å². The second-order valence-electron chi connectivity index (χ2n) is 19.4. The summed E-state index contributed by atoms with van der Waals surface area (Å²) in [6.45, 7) is 7.13. The van der Waals surface area contributed by atoms with Gasteiger partial charge in [-0.1, -0.05) is 36.4 Å². The standard InChI is InChI=1S/C53H62F3N9O7/c1-32-28-63(21-20-58-32)30-46(68)65-31-53(2,40-16-11-34(25-43(40)65)24-33-9-13-37(54)14-10-33)52(71)59-19-5-8-44(66)60-38-15-12-36-29-64(51(70)47(61-45(67)27-57-3)35-17-22-72-23-18-35)49(39(36)26-38)50(69)62-48-41(55)6-4-7-42(48)56/h4,6-7,9-16,25-26,32,35,47,49,57-58H,5,8,17-24,27-31H2,1-3H3,(H,59,71)(H,60,66)(H,61,67)(H,62,69)/t32-,47?,49+,53-/m1/s1. The molecule has 0 spiro atoms. The largest absolute Gasteiger partial charge is 0.381 e. The third-order valence-electron chi connectivity index (χ3n) is 14.0. The van der Waals surface area contributed by atoms with Gasteiger partial charge in [-0.3, -0.25) is 33.7 Å². The lowest BCUT2D eigenvalue weighted by Gasteiger charge is -2.34. The summed E-state index contributed by atoms with van der Waals surface area (Å²) >= 11 is 0. The minimum Gasteiger partial charge on any atom is -0.381 e. The van der Waals surface area contributed by atoms with Crippen LogP contribution in [0.5, 0.6) is 0 Å². The molecule has 6 amide bonds. The summed E-state index contributed by atoms with van der Waals surface area (Å²) in [6.07, 6.45) is 1.69. The quantitative estimate of drug-likeness (QED) is 0.0833. The second kappa shape index (κ2) is 22.8. The van der Waals surface area contributed by atoms with E-state index in [1.165, 1.54) is 17.0 Å². The van der Waals surface area contributed by atoms with Gasteiger partial charge in [0, 0.05) is 76.3 Å². The predicted octanol–water partition coefficient (Wildman–Crippen LogP) is 4.28. The Bertz CT molecular complexity index is 2670. The van der Waals surface area contributed by atoms with E-state index in [-0.39, 0.29) is 75.2 Å². The molecule has 4 heterocycles. The summed E-state index contributed by atoms with van der Waals surface area (Å²) in [5.74, 6) is -5.40. The molecular weight excluding hydrogens is 932 g/mol. The van der Waals surface area contributed by atoms with Gasteiger partial charge >= 0.3 is 0 Å². The van der Waals surface area contributed by atoms with Crippen LogP contribution in [0.15, 0.2) is 78.9 Å². The molecule has 1 unspecified atom stereocenters. The first kappa shape index (κ1) is 51.7. The molecule has 4 aromatic rings. The Morgan fingerprint density at radius 1 is 0.889 bits per heavy atom. The molecule has 4 atom stereocenters. The molecule has 0 saturated carbocycles. The number of ether oxygens (including phenoxy) is 1. The van der Waals surface area contributed by atoms with Crippen molar-refractivity contribution < 1.29 is 46.7 Å². The second-order valence-corrected chi connectivity index (χ2v) is 19.4. The Hall–Kier alpha value is -6.67. The molecule has 2 fully saturated rings. The summed E-state index contributed by atoms with van der Waals surface area (Å²) in [5.41, 5.74) is 2.52. The molecule has 4 aromatic carbocycles. The monoisotopic (exact) mass is 993 g/mol. The number of carbonyl (C=O) groups excluding carboxylic acids is 6. The summed E-state index contributed by atoms with van der Waals surface area (Å²) < 4.78 is 49.0. The van der Waals surface area contributed by atoms with Crippen molar-refractivity contribution in [2.45, 2.75) is 76.0 Å². The number of benzene rings is 4. The number of carbonyl (C=O) groups is 6. The van der Waals surface area contributed by atoms with E-state index in [9.17, 15) is 41.9 Å². The number of nitrogens with zero attached hydrogens (tertiary/aromatic N) is 3. The molecule has 0 radical (unpaired) electrons. The van der Waals surface area contributed by atoms with Gasteiger partial charge < -0.3 is 46.4 Å². The van der Waals surface area contributed by atoms with Crippen molar-refractivity contribution in [3.05, 3.63) is 124 Å². The molecule has 0 bridgehead atoms. The number of para-hydroxylation sites is 1. The number of fused-ring (bicyclic) bond motifs is 2. The number of piperazine rings is 1. The lowest BCUT2D eigenvalue weighted by Crippen LogP contribution is -2.55. The Morgan fingerprint density at radius 2 is 1.62 bits per heavy atom. The van der Waals surface area contributed by atoms with E-state index >= 15 is 0 Å². The van der Waals surface area contributed by atoms with Crippen LogP contribution in [0.25, 0.3) is 0 Å². The minimum absolute atomic E-state index is 0.00861. The molecule has 6 N–H and O–H groups in total. The highest BCUT2D eigenvalue weighted by molar-refractivity contribution is 6.03. The van der Waals surface area contributed by atoms with E-state index in [0.29, 0.717) is 73.6 Å². The molecule has 8 rings (SSSR count). The zero-order chi connectivity index (χ0) is 51.1. The summed E-state index contributed by atoms with van der Waals surface area (Å²) in [4.78, 5) is 88.4. The van der Waals surface area contributed by atoms with Crippen LogP contribution in [-0.4, -0.2) is 123 Å². The molecule has 4 aliphatic heterocycles. The molecule has 0 aliphatic carbocycles. The SMILES string of the molecule is CNCC(=O)NC(C(=O)N1Cc2ccc(NC(=O)CCCNC(=O)[C@]3(C)CN(C(=O)CN4CCN[C@H](C)C4)c4cc(Cc5ccc(F)cc5)ccc43)cc2[C@H]1C(=O)Nc1c(F)cccc1F)C1CCOCC1. The Labute approximate surface area is 416 Å².